The van der Waals surface area contributed by atoms with E-state index in [4.69, 9.17) is 22.7 Å². The minimum absolute atomic E-state index is 0.0611. The Hall–Kier alpha value is -1.46. The molecule has 0 aliphatic carbocycles. The molecule has 1 aromatic carbocycles. The van der Waals surface area contributed by atoms with Gasteiger partial charge in [0.05, 0.1) is 0 Å². The van der Waals surface area contributed by atoms with Crippen molar-refractivity contribution in [3.63, 3.8) is 0 Å². The number of nitrogen functional groups attached to an aromatic ring is 1. The summed E-state index contributed by atoms with van der Waals surface area (Å²) in [6, 6.07) is 7.30. The number of halogens is 1. The topological polar surface area (TPSA) is 49.9 Å². The summed E-state index contributed by atoms with van der Waals surface area (Å²) in [5.41, 5.74) is 6.91. The van der Waals surface area contributed by atoms with Crippen molar-refractivity contribution in [2.75, 3.05) is 5.88 Å². The number of benzene rings is 1. The van der Waals surface area contributed by atoms with Crippen molar-refractivity contribution < 1.29 is 0 Å². The molecule has 0 amide bonds. The lowest BCUT2D eigenvalue weighted by atomic mass is 10.1. The number of alkyl halides is 1. The van der Waals surface area contributed by atoms with E-state index in [-0.39, 0.29) is 5.84 Å². The van der Waals surface area contributed by atoms with Gasteiger partial charge in [-0.25, -0.2) is 0 Å². The number of nitrogens with one attached hydrogen (secondary N) is 1. The van der Waals surface area contributed by atoms with Crippen LogP contribution in [0.5, 0.6) is 0 Å². The van der Waals surface area contributed by atoms with Crippen LogP contribution in [-0.4, -0.2) is 11.7 Å². The number of hydrogen-bond acceptors (Lipinski definition) is 1. The van der Waals surface area contributed by atoms with Gasteiger partial charge in [-0.05, 0) is 12.1 Å². The van der Waals surface area contributed by atoms with Crippen LogP contribution in [0, 0.1) is 17.3 Å². The molecule has 0 aliphatic rings. The molecule has 0 saturated heterocycles. The van der Waals surface area contributed by atoms with Crippen LogP contribution in [0.1, 0.15) is 17.5 Å². The third-order valence-corrected chi connectivity index (χ3v) is 1.81. The molecule has 3 N–H and O–H groups in total. The van der Waals surface area contributed by atoms with E-state index in [9.17, 15) is 0 Å². The summed E-state index contributed by atoms with van der Waals surface area (Å²) < 4.78 is 0. The van der Waals surface area contributed by atoms with E-state index in [0.29, 0.717) is 17.9 Å². The summed E-state index contributed by atoms with van der Waals surface area (Å²) in [5, 5.41) is 7.25. The van der Waals surface area contributed by atoms with Gasteiger partial charge in [0.25, 0.3) is 0 Å². The zero-order valence-electron chi connectivity index (χ0n) is 7.68. The molecule has 0 fully saturated rings. The molecule has 0 saturated carbocycles. The molecule has 0 heterocycles. The van der Waals surface area contributed by atoms with Crippen LogP contribution >= 0.6 is 11.6 Å². The van der Waals surface area contributed by atoms with Crippen LogP contribution in [0.3, 0.4) is 0 Å². The van der Waals surface area contributed by atoms with Crippen molar-refractivity contribution in [3.05, 3.63) is 35.4 Å². The average molecular weight is 207 g/mol. The molecule has 0 atom stereocenters. The molecule has 0 aliphatic heterocycles. The summed E-state index contributed by atoms with van der Waals surface area (Å²) in [4.78, 5) is 0. The largest absolute Gasteiger partial charge is 0.384 e. The van der Waals surface area contributed by atoms with Crippen LogP contribution in [0.2, 0.25) is 0 Å². The molecule has 0 aromatic heterocycles. The molecule has 2 nitrogen and oxygen atoms in total. The number of hydrogen-bond donors (Lipinski definition) is 2. The van der Waals surface area contributed by atoms with Crippen LogP contribution in [-0.2, 0) is 0 Å². The van der Waals surface area contributed by atoms with E-state index < -0.39 is 0 Å². The predicted octanol–water partition coefficient (Wildman–Crippen LogP) is 1.95. The van der Waals surface area contributed by atoms with Crippen LogP contribution in [0.25, 0.3) is 0 Å². The molecule has 14 heavy (non-hydrogen) atoms. The van der Waals surface area contributed by atoms with E-state index in [2.05, 4.69) is 11.8 Å². The zero-order chi connectivity index (χ0) is 10.4. The molecule has 1 rings (SSSR count). The van der Waals surface area contributed by atoms with Gasteiger partial charge in [-0.3, -0.25) is 5.41 Å². The lowest BCUT2D eigenvalue weighted by molar-refractivity contribution is 1.29. The van der Waals surface area contributed by atoms with E-state index in [1.165, 1.54) is 0 Å². The maximum absolute atomic E-state index is 7.25. The smallest absolute Gasteiger partial charge is 0.122 e. The Morgan fingerprint density at radius 1 is 1.50 bits per heavy atom. The fourth-order valence-electron chi connectivity index (χ4n) is 0.976. The summed E-state index contributed by atoms with van der Waals surface area (Å²) >= 11 is 5.49. The van der Waals surface area contributed by atoms with Gasteiger partial charge in [-0.1, -0.05) is 24.0 Å². The van der Waals surface area contributed by atoms with Crippen molar-refractivity contribution in [2.45, 2.75) is 6.42 Å². The number of nitrogens with two attached hydrogens (primary N) is 1. The van der Waals surface area contributed by atoms with Crippen LogP contribution < -0.4 is 5.73 Å². The first kappa shape index (κ1) is 10.6. The highest BCUT2D eigenvalue weighted by molar-refractivity contribution is 6.18. The lowest BCUT2D eigenvalue weighted by Gasteiger charge is -1.97. The fraction of sp³-hybridized carbons (Fsp3) is 0.182. The maximum Gasteiger partial charge on any atom is 0.122 e. The van der Waals surface area contributed by atoms with Crippen molar-refractivity contribution in [2.24, 2.45) is 5.73 Å². The first-order valence-corrected chi connectivity index (χ1v) is 4.77. The van der Waals surface area contributed by atoms with Crippen molar-refractivity contribution in [1.82, 2.24) is 0 Å². The second kappa shape index (κ2) is 5.31. The van der Waals surface area contributed by atoms with Crippen molar-refractivity contribution in [1.29, 1.82) is 5.41 Å². The van der Waals surface area contributed by atoms with Gasteiger partial charge in [0, 0.05) is 23.4 Å². The standard InChI is InChI=1S/C11H11ClN2/c12-7-2-1-4-9-5-3-6-10(8-9)11(13)14/h3,5-6,8H,2,7H2,(H3,13,14). The van der Waals surface area contributed by atoms with Crippen LogP contribution in [0.4, 0.5) is 0 Å². The maximum atomic E-state index is 7.25. The molecule has 0 bridgehead atoms. The monoisotopic (exact) mass is 206 g/mol. The van der Waals surface area contributed by atoms with E-state index in [0.717, 1.165) is 5.56 Å². The average Bonchev–Trinajstić information content (AvgIpc) is 2.19. The minimum atomic E-state index is 0.0611. The first-order chi connectivity index (χ1) is 6.74. The van der Waals surface area contributed by atoms with Gasteiger partial charge in [0.2, 0.25) is 0 Å². The Balaban J connectivity index is 2.85. The molecular weight excluding hydrogens is 196 g/mol. The fourth-order valence-corrected chi connectivity index (χ4v) is 1.07. The highest BCUT2D eigenvalue weighted by Gasteiger charge is 1.95. The van der Waals surface area contributed by atoms with Gasteiger partial charge in [0.15, 0.2) is 0 Å². The highest BCUT2D eigenvalue weighted by atomic mass is 35.5. The summed E-state index contributed by atoms with van der Waals surface area (Å²) in [7, 11) is 0. The molecule has 72 valence electrons. The first-order valence-electron chi connectivity index (χ1n) is 4.23. The highest BCUT2D eigenvalue weighted by Crippen LogP contribution is 2.02. The predicted molar refractivity (Wildman–Crippen MR) is 59.7 cm³/mol. The Labute approximate surface area is 88.6 Å². The summed E-state index contributed by atoms with van der Waals surface area (Å²) in [6.07, 6.45) is 0.672. The number of rotatable bonds is 2. The van der Waals surface area contributed by atoms with E-state index in [1.807, 2.05) is 12.1 Å². The van der Waals surface area contributed by atoms with Gasteiger partial charge in [0.1, 0.15) is 5.84 Å². The molecular formula is C11H11ClN2. The SMILES string of the molecule is N=C(N)c1cccc(C#CCCCl)c1. The van der Waals surface area contributed by atoms with Gasteiger partial charge < -0.3 is 5.73 Å². The minimum Gasteiger partial charge on any atom is -0.384 e. The molecule has 0 spiro atoms. The molecule has 3 heteroatoms. The summed E-state index contributed by atoms with van der Waals surface area (Å²) in [5.74, 6) is 6.48. The number of amidine groups is 1. The molecule has 0 unspecified atom stereocenters. The van der Waals surface area contributed by atoms with Gasteiger partial charge >= 0.3 is 0 Å². The van der Waals surface area contributed by atoms with E-state index in [1.54, 1.807) is 12.1 Å². The normalized spacial score (nSPS) is 8.93. The summed E-state index contributed by atoms with van der Waals surface area (Å²) in [6.45, 7) is 0. The lowest BCUT2D eigenvalue weighted by Crippen LogP contribution is -2.10. The third-order valence-electron chi connectivity index (χ3n) is 1.63. The Morgan fingerprint density at radius 3 is 2.93 bits per heavy atom. The Morgan fingerprint density at radius 2 is 2.29 bits per heavy atom. The molecule has 0 radical (unpaired) electrons. The third kappa shape index (κ3) is 3.12. The second-order valence-electron chi connectivity index (χ2n) is 2.74. The second-order valence-corrected chi connectivity index (χ2v) is 3.11. The zero-order valence-corrected chi connectivity index (χ0v) is 8.43. The Kier molecular flexibility index (Phi) is 4.03. The van der Waals surface area contributed by atoms with E-state index >= 15 is 0 Å². The van der Waals surface area contributed by atoms with Gasteiger partial charge in [-0.2, -0.15) is 0 Å². The molecule has 1 aromatic rings. The quantitative estimate of drug-likeness (QED) is 0.331. The Bertz CT molecular complexity index is 388. The van der Waals surface area contributed by atoms with Gasteiger partial charge in [-0.15, -0.1) is 11.6 Å². The van der Waals surface area contributed by atoms with Crippen molar-refractivity contribution in [3.8, 4) is 11.8 Å². The van der Waals surface area contributed by atoms with Crippen LogP contribution in [0.15, 0.2) is 24.3 Å². The van der Waals surface area contributed by atoms with Crippen molar-refractivity contribution >= 4 is 17.4 Å².